The van der Waals surface area contributed by atoms with E-state index in [9.17, 15) is 9.59 Å². The Balaban J connectivity index is 2.54. The molecule has 1 aromatic carbocycles. The smallest absolute Gasteiger partial charge is 0.408 e. The largest absolute Gasteiger partial charge is 0.442 e. The van der Waals surface area contributed by atoms with Crippen LogP contribution in [0.2, 0.25) is 0 Å². The Kier molecular flexibility index (Phi) is 1.33. The van der Waals surface area contributed by atoms with Gasteiger partial charge in [0.05, 0.1) is 5.56 Å². The van der Waals surface area contributed by atoms with Gasteiger partial charge in [-0.25, -0.2) is 4.79 Å². The van der Waals surface area contributed by atoms with Gasteiger partial charge in [-0.05, 0) is 12.1 Å². The number of amides is 2. The van der Waals surface area contributed by atoms with E-state index in [1.165, 1.54) is 0 Å². The van der Waals surface area contributed by atoms with Gasteiger partial charge in [-0.2, -0.15) is 0 Å². The number of imide groups is 1. The van der Waals surface area contributed by atoms with Crippen molar-refractivity contribution in [1.82, 2.24) is 5.32 Å². The topological polar surface area (TPSA) is 57.5 Å². The van der Waals surface area contributed by atoms with Crippen molar-refractivity contribution in [1.29, 1.82) is 0 Å². The average Bonchev–Trinajstić information content (AvgIpc) is 2.04. The molecule has 0 N–H and O–H groups in total. The number of carbonyl (C=O) groups is 2. The Hall–Kier alpha value is -1.84. The SMILES string of the molecule is O=C1[N]C(=O)c2ccccc2O1. The molecule has 0 aliphatic carbocycles. The fraction of sp³-hybridized carbons (Fsp3) is 0. The van der Waals surface area contributed by atoms with Crippen molar-refractivity contribution >= 4 is 12.0 Å². The minimum absolute atomic E-state index is 0.280. The number of fused-ring (bicyclic) bond motifs is 1. The second-order valence-corrected chi connectivity index (χ2v) is 2.28. The molecule has 1 heterocycles. The molecule has 0 fully saturated rings. The summed E-state index contributed by atoms with van der Waals surface area (Å²) in [5.74, 6) is -0.260. The molecule has 2 rings (SSSR count). The van der Waals surface area contributed by atoms with Crippen molar-refractivity contribution in [3.05, 3.63) is 29.8 Å². The predicted octanol–water partition coefficient (Wildman–Crippen LogP) is 0.944. The van der Waals surface area contributed by atoms with Gasteiger partial charge in [-0.15, -0.1) is 5.32 Å². The zero-order valence-electron chi connectivity index (χ0n) is 5.98. The summed E-state index contributed by atoms with van der Waals surface area (Å²) < 4.78 is 4.68. The highest BCUT2D eigenvalue weighted by molar-refractivity contribution is 6.07. The number of rotatable bonds is 0. The quantitative estimate of drug-likeness (QED) is 0.570. The third-order valence-corrected chi connectivity index (χ3v) is 1.51. The van der Waals surface area contributed by atoms with E-state index < -0.39 is 12.0 Å². The molecule has 2 amide bonds. The lowest BCUT2D eigenvalue weighted by Gasteiger charge is -2.11. The molecule has 0 bridgehead atoms. The lowest BCUT2D eigenvalue weighted by atomic mass is 10.2. The summed E-state index contributed by atoms with van der Waals surface area (Å²) in [7, 11) is 0. The highest BCUT2D eigenvalue weighted by Gasteiger charge is 2.24. The summed E-state index contributed by atoms with van der Waals surface area (Å²) in [5, 5.41) is 3.12. The molecule has 12 heavy (non-hydrogen) atoms. The summed E-state index contributed by atoms with van der Waals surface area (Å²) in [6, 6.07) is 6.49. The zero-order chi connectivity index (χ0) is 8.55. The molecular weight excluding hydrogens is 158 g/mol. The maximum atomic E-state index is 11.0. The van der Waals surface area contributed by atoms with Gasteiger partial charge in [-0.3, -0.25) is 4.79 Å². The van der Waals surface area contributed by atoms with Gasteiger partial charge in [0, 0.05) is 0 Å². The van der Waals surface area contributed by atoms with Gasteiger partial charge < -0.3 is 4.74 Å². The third kappa shape index (κ3) is 0.934. The van der Waals surface area contributed by atoms with Gasteiger partial charge in [0.2, 0.25) is 0 Å². The molecule has 4 nitrogen and oxygen atoms in total. The summed E-state index contributed by atoms with van der Waals surface area (Å²) in [6.45, 7) is 0. The fourth-order valence-electron chi connectivity index (χ4n) is 0.992. The van der Waals surface area contributed by atoms with E-state index in [1.54, 1.807) is 24.3 Å². The molecule has 0 saturated carbocycles. The predicted molar refractivity (Wildman–Crippen MR) is 38.9 cm³/mol. The first kappa shape index (κ1) is 6.84. The molecule has 0 spiro atoms. The highest BCUT2D eigenvalue weighted by atomic mass is 16.6. The molecular formula is C8H4NO3. The number of ether oxygens (including phenoxy) is 1. The van der Waals surface area contributed by atoms with E-state index in [-0.39, 0.29) is 5.75 Å². The fourth-order valence-corrected chi connectivity index (χ4v) is 0.992. The molecule has 0 aromatic heterocycles. The zero-order valence-corrected chi connectivity index (χ0v) is 5.98. The Labute approximate surface area is 68.1 Å². The molecule has 0 atom stereocenters. The van der Waals surface area contributed by atoms with E-state index in [0.717, 1.165) is 0 Å². The first-order chi connectivity index (χ1) is 5.77. The monoisotopic (exact) mass is 162 g/mol. The first-order valence-electron chi connectivity index (χ1n) is 3.34. The van der Waals surface area contributed by atoms with E-state index in [0.29, 0.717) is 5.56 Å². The standard InChI is InChI=1S/C8H4NO3/c10-7-5-3-1-2-4-6(5)12-8(11)9-7/h1-4H. The third-order valence-electron chi connectivity index (χ3n) is 1.51. The summed E-state index contributed by atoms with van der Waals surface area (Å²) in [5.41, 5.74) is 0.331. The van der Waals surface area contributed by atoms with Gasteiger partial charge in [-0.1, -0.05) is 12.1 Å². The first-order valence-corrected chi connectivity index (χ1v) is 3.34. The second kappa shape index (κ2) is 2.34. The molecule has 1 aliphatic heterocycles. The average molecular weight is 162 g/mol. The summed E-state index contributed by atoms with van der Waals surface area (Å²) >= 11 is 0. The summed E-state index contributed by atoms with van der Waals surface area (Å²) in [4.78, 5) is 21.7. The maximum absolute atomic E-state index is 11.0. The number of benzene rings is 1. The Morgan fingerprint density at radius 3 is 2.75 bits per heavy atom. The van der Waals surface area contributed by atoms with Crippen molar-refractivity contribution in [2.24, 2.45) is 0 Å². The van der Waals surface area contributed by atoms with Gasteiger partial charge in [0.25, 0.3) is 5.91 Å². The minimum Gasteiger partial charge on any atom is -0.408 e. The Morgan fingerprint density at radius 1 is 1.17 bits per heavy atom. The van der Waals surface area contributed by atoms with Crippen LogP contribution in [0.1, 0.15) is 10.4 Å². The Bertz CT molecular complexity index is 359. The molecule has 1 radical (unpaired) electrons. The minimum atomic E-state index is -0.848. The van der Waals surface area contributed by atoms with Crippen LogP contribution in [0.15, 0.2) is 24.3 Å². The van der Waals surface area contributed by atoms with Crippen LogP contribution in [0.25, 0.3) is 0 Å². The molecule has 0 unspecified atom stereocenters. The second-order valence-electron chi connectivity index (χ2n) is 2.28. The highest BCUT2D eigenvalue weighted by Crippen LogP contribution is 2.21. The van der Waals surface area contributed by atoms with E-state index in [2.05, 4.69) is 10.1 Å². The van der Waals surface area contributed by atoms with Crippen LogP contribution < -0.4 is 10.1 Å². The number of nitrogens with zero attached hydrogens (tertiary/aromatic N) is 1. The molecule has 0 saturated heterocycles. The Morgan fingerprint density at radius 2 is 1.92 bits per heavy atom. The van der Waals surface area contributed by atoms with Gasteiger partial charge in [0.15, 0.2) is 0 Å². The van der Waals surface area contributed by atoms with Crippen molar-refractivity contribution in [2.45, 2.75) is 0 Å². The van der Waals surface area contributed by atoms with Crippen molar-refractivity contribution in [3.63, 3.8) is 0 Å². The summed E-state index contributed by atoms with van der Waals surface area (Å²) in [6.07, 6.45) is -0.848. The maximum Gasteiger partial charge on any atom is 0.442 e. The van der Waals surface area contributed by atoms with Crippen LogP contribution in [0.3, 0.4) is 0 Å². The van der Waals surface area contributed by atoms with E-state index >= 15 is 0 Å². The number of para-hydroxylation sites is 1. The van der Waals surface area contributed by atoms with Crippen LogP contribution in [0.5, 0.6) is 5.75 Å². The van der Waals surface area contributed by atoms with E-state index in [1.807, 2.05) is 0 Å². The van der Waals surface area contributed by atoms with Gasteiger partial charge >= 0.3 is 6.09 Å². The van der Waals surface area contributed by atoms with Crippen molar-refractivity contribution in [2.75, 3.05) is 0 Å². The molecule has 59 valence electrons. The van der Waals surface area contributed by atoms with Crippen LogP contribution in [0.4, 0.5) is 4.79 Å². The number of carbonyl (C=O) groups excluding carboxylic acids is 2. The lowest BCUT2D eigenvalue weighted by molar-refractivity contribution is 0.0924. The van der Waals surface area contributed by atoms with Crippen molar-refractivity contribution < 1.29 is 14.3 Å². The van der Waals surface area contributed by atoms with E-state index in [4.69, 9.17) is 0 Å². The molecule has 1 aliphatic rings. The van der Waals surface area contributed by atoms with Crippen LogP contribution in [-0.2, 0) is 0 Å². The number of hydrogen-bond donors (Lipinski definition) is 0. The van der Waals surface area contributed by atoms with Crippen LogP contribution >= 0.6 is 0 Å². The molecule has 1 aromatic rings. The normalized spacial score (nSPS) is 14.7. The van der Waals surface area contributed by atoms with Crippen molar-refractivity contribution in [3.8, 4) is 5.75 Å². The van der Waals surface area contributed by atoms with Gasteiger partial charge in [0.1, 0.15) is 5.75 Å². The lowest BCUT2D eigenvalue weighted by Crippen LogP contribution is -2.31. The molecule has 4 heteroatoms. The van der Waals surface area contributed by atoms with Crippen LogP contribution in [0, 0.1) is 0 Å². The van der Waals surface area contributed by atoms with Crippen LogP contribution in [-0.4, -0.2) is 12.0 Å². The number of hydrogen-bond acceptors (Lipinski definition) is 3.